The second-order valence-corrected chi connectivity index (χ2v) is 8.09. The molecule has 1 atom stereocenters. The van der Waals surface area contributed by atoms with Crippen LogP contribution in [0.5, 0.6) is 5.75 Å². The maximum Gasteiger partial charge on any atom is 0.334 e. The van der Waals surface area contributed by atoms with Crippen LogP contribution in [-0.2, 0) is 33.3 Å². The number of halogens is 2. The molecule has 0 radical (unpaired) electrons. The quantitative estimate of drug-likeness (QED) is 0.647. The normalized spacial score (nSPS) is 18.2. The highest BCUT2D eigenvalue weighted by atomic mass is 19.3. The molecule has 33 heavy (non-hydrogen) atoms. The molecule has 1 fully saturated rings. The maximum atomic E-state index is 14.7. The Hall–Kier alpha value is -3.62. The van der Waals surface area contributed by atoms with Gasteiger partial charge in [-0.1, -0.05) is 24.3 Å². The summed E-state index contributed by atoms with van der Waals surface area (Å²) in [5, 5.41) is 2.24. The molecular formula is C24H22F2N2O5. The summed E-state index contributed by atoms with van der Waals surface area (Å²) in [5.74, 6) is -6.16. The zero-order chi connectivity index (χ0) is 23.8. The molecule has 2 aromatic rings. The number of hydrogen-bond donors (Lipinski definition) is 1. The molecule has 0 spiro atoms. The standard InChI is InChI=1S/C24H22F2N2O5/c1-33-19-5-3-2-4-17(19)24(25,26)20(29)10-7-14-6-8-16-15(12-14)13-28(23(16)32)18-9-11-21(30)27-22(18)31/h2-6,8,12,18H,7,9-11,13H2,1H3,(H,27,30,31). The molecule has 172 valence electrons. The van der Waals surface area contributed by atoms with E-state index >= 15 is 0 Å². The Labute approximate surface area is 188 Å². The molecule has 0 aromatic heterocycles. The predicted octanol–water partition coefficient (Wildman–Crippen LogP) is 2.75. The van der Waals surface area contributed by atoms with Crippen molar-refractivity contribution in [3.05, 3.63) is 64.7 Å². The van der Waals surface area contributed by atoms with Crippen LogP contribution in [0.2, 0.25) is 0 Å². The van der Waals surface area contributed by atoms with E-state index in [9.17, 15) is 28.0 Å². The molecule has 2 heterocycles. The van der Waals surface area contributed by atoms with Gasteiger partial charge in [0.2, 0.25) is 17.6 Å². The van der Waals surface area contributed by atoms with Gasteiger partial charge in [-0.25, -0.2) is 0 Å². The monoisotopic (exact) mass is 456 g/mol. The van der Waals surface area contributed by atoms with Gasteiger partial charge in [0.25, 0.3) is 5.91 Å². The summed E-state index contributed by atoms with van der Waals surface area (Å²) in [5.41, 5.74) is 1.24. The van der Waals surface area contributed by atoms with E-state index in [1.807, 2.05) is 0 Å². The van der Waals surface area contributed by atoms with E-state index in [2.05, 4.69) is 5.32 Å². The molecule has 0 saturated carbocycles. The second-order valence-electron chi connectivity index (χ2n) is 8.09. The fourth-order valence-corrected chi connectivity index (χ4v) is 4.25. The van der Waals surface area contributed by atoms with E-state index in [-0.39, 0.29) is 43.4 Å². The number of para-hydroxylation sites is 1. The molecule has 1 unspecified atom stereocenters. The number of carbonyl (C=O) groups is 4. The van der Waals surface area contributed by atoms with Crippen molar-refractivity contribution >= 4 is 23.5 Å². The Balaban J connectivity index is 1.45. The number of amides is 3. The van der Waals surface area contributed by atoms with Crippen LogP contribution in [0.1, 0.15) is 46.3 Å². The van der Waals surface area contributed by atoms with E-state index in [0.29, 0.717) is 16.7 Å². The van der Waals surface area contributed by atoms with Crippen molar-refractivity contribution in [3.63, 3.8) is 0 Å². The van der Waals surface area contributed by atoms with Crippen molar-refractivity contribution in [1.29, 1.82) is 0 Å². The molecule has 7 nitrogen and oxygen atoms in total. The van der Waals surface area contributed by atoms with Crippen molar-refractivity contribution in [1.82, 2.24) is 10.2 Å². The fourth-order valence-electron chi connectivity index (χ4n) is 4.25. The summed E-state index contributed by atoms with van der Waals surface area (Å²) < 4.78 is 34.5. The van der Waals surface area contributed by atoms with E-state index in [4.69, 9.17) is 4.74 Å². The first kappa shape index (κ1) is 22.6. The molecule has 9 heteroatoms. The molecule has 2 aromatic carbocycles. The third-order valence-corrected chi connectivity index (χ3v) is 6.02. The van der Waals surface area contributed by atoms with Gasteiger partial charge in [0.05, 0.1) is 12.7 Å². The number of nitrogens with one attached hydrogen (secondary N) is 1. The number of methoxy groups -OCH3 is 1. The van der Waals surface area contributed by atoms with Gasteiger partial charge in [-0.2, -0.15) is 8.78 Å². The number of carbonyl (C=O) groups excluding carboxylic acids is 4. The Morgan fingerprint density at radius 3 is 2.67 bits per heavy atom. The lowest BCUT2D eigenvalue weighted by atomic mass is 9.97. The number of nitrogens with zero attached hydrogens (tertiary/aromatic N) is 1. The lowest BCUT2D eigenvalue weighted by Gasteiger charge is -2.29. The molecule has 0 aliphatic carbocycles. The highest BCUT2D eigenvalue weighted by molar-refractivity contribution is 6.05. The number of benzene rings is 2. The van der Waals surface area contributed by atoms with Gasteiger partial charge in [-0.05, 0) is 42.2 Å². The molecule has 1 saturated heterocycles. The number of piperidine rings is 1. The van der Waals surface area contributed by atoms with Crippen LogP contribution in [0.25, 0.3) is 0 Å². The number of imide groups is 1. The van der Waals surface area contributed by atoms with E-state index in [0.717, 1.165) is 0 Å². The molecule has 2 aliphatic heterocycles. The second kappa shape index (κ2) is 8.73. The number of alkyl halides is 2. The van der Waals surface area contributed by atoms with Crippen LogP contribution < -0.4 is 10.1 Å². The topological polar surface area (TPSA) is 92.8 Å². The van der Waals surface area contributed by atoms with Gasteiger partial charge in [0, 0.05) is 24.9 Å². The average molecular weight is 456 g/mol. The summed E-state index contributed by atoms with van der Waals surface area (Å²) in [7, 11) is 1.27. The van der Waals surface area contributed by atoms with Crippen molar-refractivity contribution in [3.8, 4) is 5.75 Å². The van der Waals surface area contributed by atoms with Gasteiger partial charge >= 0.3 is 5.92 Å². The first-order valence-corrected chi connectivity index (χ1v) is 10.5. The first-order chi connectivity index (χ1) is 15.7. The average Bonchev–Trinajstić information content (AvgIpc) is 3.12. The third-order valence-electron chi connectivity index (χ3n) is 6.02. The van der Waals surface area contributed by atoms with Crippen LogP contribution in [-0.4, -0.2) is 41.6 Å². The summed E-state index contributed by atoms with van der Waals surface area (Å²) in [4.78, 5) is 50.1. The van der Waals surface area contributed by atoms with E-state index < -0.39 is 35.6 Å². The minimum Gasteiger partial charge on any atom is -0.496 e. The van der Waals surface area contributed by atoms with Crippen molar-refractivity contribution in [2.24, 2.45) is 0 Å². The summed E-state index contributed by atoms with van der Waals surface area (Å²) >= 11 is 0. The number of ether oxygens (including phenoxy) is 1. The van der Waals surface area contributed by atoms with E-state index in [1.54, 1.807) is 24.3 Å². The van der Waals surface area contributed by atoms with Crippen LogP contribution in [0.3, 0.4) is 0 Å². The Morgan fingerprint density at radius 2 is 1.94 bits per heavy atom. The number of ketones is 1. The lowest BCUT2D eigenvalue weighted by Crippen LogP contribution is -2.52. The largest absolute Gasteiger partial charge is 0.496 e. The SMILES string of the molecule is COc1ccccc1C(F)(F)C(=O)CCc1ccc2c(c1)CN(C1CCC(=O)NC1=O)C2=O. The molecule has 1 N–H and O–H groups in total. The van der Waals surface area contributed by atoms with Gasteiger partial charge in [-0.3, -0.25) is 24.5 Å². The van der Waals surface area contributed by atoms with Crippen molar-refractivity contribution < 1.29 is 32.7 Å². The number of rotatable bonds is 7. The Bertz CT molecular complexity index is 1150. The highest BCUT2D eigenvalue weighted by Crippen LogP contribution is 2.37. The van der Waals surface area contributed by atoms with Crippen molar-refractivity contribution in [2.75, 3.05) is 7.11 Å². The first-order valence-electron chi connectivity index (χ1n) is 10.5. The van der Waals surface area contributed by atoms with Gasteiger partial charge < -0.3 is 9.64 Å². The van der Waals surface area contributed by atoms with E-state index in [1.165, 1.54) is 30.2 Å². The number of Topliss-reactive ketones (excluding diaryl/α,β-unsaturated/α-hetero) is 1. The number of fused-ring (bicyclic) bond motifs is 1. The third kappa shape index (κ3) is 4.22. The fraction of sp³-hybridized carbons (Fsp3) is 0.333. The van der Waals surface area contributed by atoms with Gasteiger partial charge in [0.1, 0.15) is 11.8 Å². The smallest absolute Gasteiger partial charge is 0.334 e. The highest BCUT2D eigenvalue weighted by Gasteiger charge is 2.42. The Kier molecular flexibility index (Phi) is 5.97. The lowest BCUT2D eigenvalue weighted by molar-refractivity contribution is -0.144. The van der Waals surface area contributed by atoms with Crippen LogP contribution in [0.4, 0.5) is 8.78 Å². The molecule has 3 amide bonds. The molecule has 2 aliphatic rings. The minimum absolute atomic E-state index is 0.0552. The predicted molar refractivity (Wildman–Crippen MR) is 113 cm³/mol. The van der Waals surface area contributed by atoms with Crippen molar-refractivity contribution in [2.45, 2.75) is 44.2 Å². The summed E-state index contributed by atoms with van der Waals surface area (Å²) in [6.07, 6.45) is 0.0895. The zero-order valence-corrected chi connectivity index (χ0v) is 17.9. The molecule has 0 bridgehead atoms. The van der Waals surface area contributed by atoms with Gasteiger partial charge in [0.15, 0.2) is 0 Å². The van der Waals surface area contributed by atoms with Crippen LogP contribution in [0.15, 0.2) is 42.5 Å². The Morgan fingerprint density at radius 1 is 1.18 bits per heavy atom. The molecular weight excluding hydrogens is 434 g/mol. The van der Waals surface area contributed by atoms with Crippen LogP contribution >= 0.6 is 0 Å². The minimum atomic E-state index is -3.69. The molecule has 4 rings (SSSR count). The zero-order valence-electron chi connectivity index (χ0n) is 17.9. The maximum absolute atomic E-state index is 14.7. The van der Waals surface area contributed by atoms with Gasteiger partial charge in [-0.15, -0.1) is 0 Å². The van der Waals surface area contributed by atoms with Crippen LogP contribution in [0, 0.1) is 0 Å². The number of aryl methyl sites for hydroxylation is 1. The summed E-state index contributed by atoms with van der Waals surface area (Å²) in [6.45, 7) is 0.180. The number of hydrogen-bond acceptors (Lipinski definition) is 5. The summed E-state index contributed by atoms with van der Waals surface area (Å²) in [6, 6.07) is 9.70.